The van der Waals surface area contributed by atoms with Gasteiger partial charge in [-0.1, -0.05) is 19.1 Å². The van der Waals surface area contributed by atoms with Crippen molar-refractivity contribution in [2.75, 3.05) is 26.9 Å². The Labute approximate surface area is 191 Å². The molecule has 32 heavy (non-hydrogen) atoms. The quantitative estimate of drug-likeness (QED) is 0.227. The molecule has 0 spiro atoms. The third-order valence-corrected chi connectivity index (χ3v) is 5.09. The molecule has 0 aliphatic carbocycles. The number of rotatable bonds is 11. The first-order chi connectivity index (χ1) is 15.5. The number of hydroxylamine groups is 1. The zero-order valence-electron chi connectivity index (χ0n) is 17.9. The number of carbonyl (C=O) groups excluding carboxylic acids is 1. The highest BCUT2D eigenvalue weighted by Crippen LogP contribution is 2.24. The highest BCUT2D eigenvalue weighted by atomic mass is 32.1. The first-order valence-electron chi connectivity index (χ1n) is 10.2. The van der Waals surface area contributed by atoms with Gasteiger partial charge in [-0.3, -0.25) is 15.5 Å². The molecule has 0 unspecified atom stereocenters. The molecule has 0 fully saturated rings. The van der Waals surface area contributed by atoms with E-state index in [1.165, 1.54) is 0 Å². The van der Waals surface area contributed by atoms with Crippen molar-refractivity contribution in [3.8, 4) is 11.5 Å². The monoisotopic (exact) mass is 458 g/mol. The number of furan rings is 1. The summed E-state index contributed by atoms with van der Waals surface area (Å²) < 4.78 is 22.1. The molecule has 0 bridgehead atoms. The summed E-state index contributed by atoms with van der Waals surface area (Å²) in [6, 6.07) is 13.9. The zero-order valence-corrected chi connectivity index (χ0v) is 18.7. The normalized spacial score (nSPS) is 11.7. The molecule has 9 heteroatoms. The summed E-state index contributed by atoms with van der Waals surface area (Å²) in [6.45, 7) is 3.20. The van der Waals surface area contributed by atoms with Crippen LogP contribution >= 0.6 is 12.2 Å². The summed E-state index contributed by atoms with van der Waals surface area (Å²) in [5.74, 6) is 1.23. The van der Waals surface area contributed by atoms with Gasteiger partial charge in [-0.15, -0.1) is 0 Å². The Morgan fingerprint density at radius 3 is 2.53 bits per heavy atom. The molecule has 8 nitrogen and oxygen atoms in total. The van der Waals surface area contributed by atoms with Crippen molar-refractivity contribution in [2.24, 2.45) is 0 Å². The van der Waals surface area contributed by atoms with Gasteiger partial charge in [-0.2, -0.15) is 0 Å². The van der Waals surface area contributed by atoms with Crippen molar-refractivity contribution in [2.45, 2.75) is 19.4 Å². The highest BCUT2D eigenvalue weighted by molar-refractivity contribution is 7.80. The van der Waals surface area contributed by atoms with E-state index >= 15 is 0 Å². The minimum atomic E-state index is -0.312. The largest absolute Gasteiger partial charge is 0.491 e. The van der Waals surface area contributed by atoms with Crippen LogP contribution in [0.4, 0.5) is 0 Å². The predicted molar refractivity (Wildman–Crippen MR) is 124 cm³/mol. The van der Waals surface area contributed by atoms with E-state index in [1.54, 1.807) is 49.6 Å². The highest BCUT2D eigenvalue weighted by Gasteiger charge is 2.17. The van der Waals surface area contributed by atoms with Crippen LogP contribution in [-0.4, -0.2) is 49.1 Å². The number of ether oxygens (including phenoxy) is 3. The molecular weight excluding hydrogens is 432 g/mol. The number of carbonyl (C=O) groups is 1. The summed E-state index contributed by atoms with van der Waals surface area (Å²) in [6.07, 6.45) is 0.681. The van der Waals surface area contributed by atoms with E-state index in [4.69, 9.17) is 36.1 Å². The van der Waals surface area contributed by atoms with E-state index in [-0.39, 0.29) is 22.7 Å². The molecule has 0 aliphatic heterocycles. The van der Waals surface area contributed by atoms with Crippen LogP contribution in [0.2, 0.25) is 0 Å². The Balaban J connectivity index is 1.58. The molecular formula is C23H26N2O6S. The average Bonchev–Trinajstić information content (AvgIpc) is 3.25. The van der Waals surface area contributed by atoms with Crippen LogP contribution in [0.15, 0.2) is 52.9 Å². The lowest BCUT2D eigenvalue weighted by atomic mass is 10.2. The van der Waals surface area contributed by atoms with E-state index in [9.17, 15) is 4.79 Å². The van der Waals surface area contributed by atoms with Crippen LogP contribution in [0.5, 0.6) is 11.5 Å². The van der Waals surface area contributed by atoms with Crippen LogP contribution in [0.3, 0.4) is 0 Å². The molecule has 0 saturated carbocycles. The standard InChI is InChI=1S/C23H26N2O6S/c1-3-17(14-30-18-6-4-15(5-7-18)23(32)25-27)24-22(26)21-13-16-12-19(29-11-10-28-2)8-9-20(16)31-21/h4-9,12-13,17,27H,3,10-11,14H2,1-2H3,(H,24,26)(H,25,32)/t17-/m0/s1. The van der Waals surface area contributed by atoms with Crippen molar-refractivity contribution < 1.29 is 28.6 Å². The second kappa shape index (κ2) is 11.5. The van der Waals surface area contributed by atoms with Crippen molar-refractivity contribution in [3.05, 3.63) is 59.9 Å². The smallest absolute Gasteiger partial charge is 0.287 e. The number of methoxy groups -OCH3 is 1. The minimum absolute atomic E-state index is 0.205. The molecule has 0 radical (unpaired) electrons. The topological polar surface area (TPSA) is 102 Å². The van der Waals surface area contributed by atoms with Crippen LogP contribution in [-0.2, 0) is 4.74 Å². The second-order valence-electron chi connectivity index (χ2n) is 7.01. The fraction of sp³-hybridized carbons (Fsp3) is 0.304. The molecule has 1 aromatic heterocycles. The summed E-state index contributed by atoms with van der Waals surface area (Å²) >= 11 is 4.97. The summed E-state index contributed by atoms with van der Waals surface area (Å²) in [5.41, 5.74) is 3.22. The Bertz CT molecular complexity index is 1050. The van der Waals surface area contributed by atoms with Crippen molar-refractivity contribution >= 4 is 34.1 Å². The van der Waals surface area contributed by atoms with E-state index in [1.807, 2.05) is 18.5 Å². The van der Waals surface area contributed by atoms with Gasteiger partial charge in [0, 0.05) is 18.1 Å². The minimum Gasteiger partial charge on any atom is -0.491 e. The molecule has 3 rings (SSSR count). The van der Waals surface area contributed by atoms with Gasteiger partial charge in [0.15, 0.2) is 5.76 Å². The van der Waals surface area contributed by atoms with Crippen LogP contribution in [0, 0.1) is 0 Å². The number of amides is 1. The van der Waals surface area contributed by atoms with Crippen molar-refractivity contribution in [3.63, 3.8) is 0 Å². The maximum Gasteiger partial charge on any atom is 0.287 e. The molecule has 1 amide bonds. The summed E-state index contributed by atoms with van der Waals surface area (Å²) in [7, 11) is 1.62. The first kappa shape index (κ1) is 23.5. The number of thiocarbonyl (C=S) groups is 1. The van der Waals surface area contributed by atoms with Gasteiger partial charge < -0.3 is 23.9 Å². The van der Waals surface area contributed by atoms with Crippen LogP contribution in [0.1, 0.15) is 29.5 Å². The van der Waals surface area contributed by atoms with Crippen LogP contribution in [0.25, 0.3) is 11.0 Å². The number of hydrogen-bond acceptors (Lipinski definition) is 7. The van der Waals surface area contributed by atoms with Gasteiger partial charge in [0.2, 0.25) is 0 Å². The SMILES string of the molecule is CC[C@@H](COc1ccc(C(=S)NO)cc1)NC(=O)c1cc2cc(OCCOC)ccc2o1. The van der Waals surface area contributed by atoms with Gasteiger partial charge in [0.25, 0.3) is 5.91 Å². The summed E-state index contributed by atoms with van der Waals surface area (Å²) in [4.78, 5) is 12.9. The van der Waals surface area contributed by atoms with Crippen molar-refractivity contribution in [1.29, 1.82) is 0 Å². The van der Waals surface area contributed by atoms with Gasteiger partial charge in [0.1, 0.15) is 35.3 Å². The lowest BCUT2D eigenvalue weighted by Gasteiger charge is -2.17. The Hall–Kier alpha value is -3.14. The maximum atomic E-state index is 12.7. The van der Waals surface area contributed by atoms with Gasteiger partial charge in [0.05, 0.1) is 12.6 Å². The number of hydrogen-bond donors (Lipinski definition) is 3. The lowest BCUT2D eigenvalue weighted by molar-refractivity contribution is 0.0894. The Kier molecular flexibility index (Phi) is 8.43. The molecule has 1 heterocycles. The number of fused-ring (bicyclic) bond motifs is 1. The van der Waals surface area contributed by atoms with E-state index in [0.29, 0.717) is 48.9 Å². The third-order valence-electron chi connectivity index (χ3n) is 4.76. The molecule has 0 aliphatic rings. The van der Waals surface area contributed by atoms with E-state index in [0.717, 1.165) is 5.39 Å². The zero-order chi connectivity index (χ0) is 22.9. The van der Waals surface area contributed by atoms with Crippen LogP contribution < -0.4 is 20.3 Å². The summed E-state index contributed by atoms with van der Waals surface area (Å²) in [5, 5.41) is 12.6. The molecule has 3 aromatic rings. The Morgan fingerprint density at radius 1 is 1.09 bits per heavy atom. The molecule has 2 aromatic carbocycles. The molecule has 0 saturated heterocycles. The number of benzene rings is 2. The maximum absolute atomic E-state index is 12.7. The fourth-order valence-electron chi connectivity index (χ4n) is 2.95. The molecule has 3 N–H and O–H groups in total. The number of nitrogens with one attached hydrogen (secondary N) is 2. The first-order valence-corrected chi connectivity index (χ1v) is 10.6. The third kappa shape index (κ3) is 6.19. The van der Waals surface area contributed by atoms with Gasteiger partial charge in [-0.25, -0.2) is 0 Å². The van der Waals surface area contributed by atoms with E-state index < -0.39 is 0 Å². The lowest BCUT2D eigenvalue weighted by Crippen LogP contribution is -2.38. The van der Waals surface area contributed by atoms with E-state index in [2.05, 4.69) is 5.32 Å². The second-order valence-corrected chi connectivity index (χ2v) is 7.41. The Morgan fingerprint density at radius 2 is 1.84 bits per heavy atom. The fourth-order valence-corrected chi connectivity index (χ4v) is 3.08. The predicted octanol–water partition coefficient (Wildman–Crippen LogP) is 3.70. The molecule has 170 valence electrons. The van der Waals surface area contributed by atoms with Gasteiger partial charge in [-0.05, 0) is 55.0 Å². The molecule has 1 atom stereocenters. The van der Waals surface area contributed by atoms with Crippen molar-refractivity contribution in [1.82, 2.24) is 10.8 Å². The average molecular weight is 459 g/mol. The van der Waals surface area contributed by atoms with Gasteiger partial charge >= 0.3 is 0 Å².